The number of allylic oxidation sites excluding steroid dienone is 1. The molecule has 0 saturated heterocycles. The first-order valence-electron chi connectivity index (χ1n) is 2.74. The van der Waals surface area contributed by atoms with Crippen LogP contribution in [0.3, 0.4) is 0 Å². The molecule has 0 saturated carbocycles. The summed E-state index contributed by atoms with van der Waals surface area (Å²) in [7, 11) is 2.50. The summed E-state index contributed by atoms with van der Waals surface area (Å²) >= 11 is 0. The van der Waals surface area contributed by atoms with Crippen LogP contribution < -0.4 is 0 Å². The Labute approximate surface area is 63.8 Å². The van der Waals surface area contributed by atoms with Gasteiger partial charge in [0, 0.05) is 12.9 Å². The van der Waals surface area contributed by atoms with Crippen LogP contribution >= 0.6 is 0 Å². The fourth-order valence-electron chi connectivity index (χ4n) is 0.428. The van der Waals surface area contributed by atoms with Crippen molar-refractivity contribution in [3.05, 3.63) is 5.70 Å². The lowest BCUT2D eigenvalue weighted by molar-refractivity contribution is -0.105. The monoisotopic (exact) mass is 156 g/mol. The van der Waals surface area contributed by atoms with Crippen molar-refractivity contribution in [2.75, 3.05) is 14.2 Å². The number of amides is 1. The predicted molar refractivity (Wildman–Crippen MR) is 37.5 cm³/mol. The Bertz CT molecular complexity index is 218. The van der Waals surface area contributed by atoms with Crippen LogP contribution in [0.2, 0.25) is 0 Å². The van der Waals surface area contributed by atoms with Gasteiger partial charge in [0.05, 0.1) is 7.11 Å². The summed E-state index contributed by atoms with van der Waals surface area (Å²) < 4.78 is 4.28. The van der Waals surface area contributed by atoms with Gasteiger partial charge in [-0.1, -0.05) is 0 Å². The van der Waals surface area contributed by atoms with Gasteiger partial charge >= 0.3 is 6.09 Å². The van der Waals surface area contributed by atoms with E-state index in [-0.39, 0.29) is 5.70 Å². The van der Waals surface area contributed by atoms with E-state index < -0.39 is 6.09 Å². The minimum absolute atomic E-state index is 0.170. The molecule has 1 N–H and O–H groups in total. The number of nitrogens with zero attached hydrogens (tertiary/aromatic N) is 1. The molecule has 0 bridgehead atoms. The zero-order valence-corrected chi connectivity index (χ0v) is 6.25. The standard InChI is InChI=1S/C6H8N2O3/c1-8(6(10)11-2)5(3-7)4-9/h4,7H,1-2H3. The molecule has 0 aliphatic rings. The zero-order valence-electron chi connectivity index (χ0n) is 6.25. The van der Waals surface area contributed by atoms with Crippen LogP contribution in [-0.2, 0) is 9.53 Å². The first kappa shape index (κ1) is 9.39. The Hall–Kier alpha value is -1.61. The number of carbonyl (C=O) groups is 2. The highest BCUT2D eigenvalue weighted by Crippen LogP contribution is 1.95. The Morgan fingerprint density at radius 3 is 2.55 bits per heavy atom. The van der Waals surface area contributed by atoms with Gasteiger partial charge in [0.25, 0.3) is 0 Å². The van der Waals surface area contributed by atoms with Crippen LogP contribution in [0.5, 0.6) is 0 Å². The van der Waals surface area contributed by atoms with Gasteiger partial charge in [0.1, 0.15) is 5.70 Å². The van der Waals surface area contributed by atoms with Crippen molar-refractivity contribution in [3.63, 3.8) is 0 Å². The van der Waals surface area contributed by atoms with Crippen LogP contribution in [0.4, 0.5) is 4.79 Å². The normalized spacial score (nSPS) is 7.82. The van der Waals surface area contributed by atoms with Gasteiger partial charge in [-0.05, 0) is 0 Å². The van der Waals surface area contributed by atoms with E-state index in [0.29, 0.717) is 6.29 Å². The number of rotatable bonds is 2. The summed E-state index contributed by atoms with van der Waals surface area (Å²) in [6, 6.07) is 0. The lowest BCUT2D eigenvalue weighted by Crippen LogP contribution is -2.26. The molecule has 0 radical (unpaired) electrons. The zero-order chi connectivity index (χ0) is 8.85. The number of carbonyl (C=O) groups excluding carboxylic acids is 2. The van der Waals surface area contributed by atoms with E-state index >= 15 is 0 Å². The van der Waals surface area contributed by atoms with E-state index in [1.807, 2.05) is 0 Å². The van der Waals surface area contributed by atoms with Gasteiger partial charge in [-0.2, -0.15) is 0 Å². The average Bonchev–Trinajstić information content (AvgIpc) is 2.05. The van der Waals surface area contributed by atoms with Gasteiger partial charge < -0.3 is 4.74 Å². The molecule has 5 nitrogen and oxygen atoms in total. The Morgan fingerprint density at radius 1 is 1.73 bits per heavy atom. The molecule has 60 valence electrons. The van der Waals surface area contributed by atoms with E-state index in [9.17, 15) is 9.59 Å². The van der Waals surface area contributed by atoms with Crippen molar-refractivity contribution in [3.8, 4) is 0 Å². The molecular formula is C6H8N2O3. The van der Waals surface area contributed by atoms with Gasteiger partial charge in [0.15, 0.2) is 6.29 Å². The van der Waals surface area contributed by atoms with E-state index in [0.717, 1.165) is 4.90 Å². The largest absolute Gasteiger partial charge is 0.452 e. The van der Waals surface area contributed by atoms with Crippen LogP contribution in [0, 0.1) is 5.41 Å². The van der Waals surface area contributed by atoms with Crippen LogP contribution in [0.25, 0.3) is 0 Å². The number of likely N-dealkylation sites (N-methyl/N-ethyl adjacent to an activating group) is 1. The van der Waals surface area contributed by atoms with Crippen molar-refractivity contribution in [2.24, 2.45) is 0 Å². The highest BCUT2D eigenvalue weighted by Gasteiger charge is 2.11. The fourth-order valence-corrected chi connectivity index (χ4v) is 0.428. The average molecular weight is 156 g/mol. The first-order valence-corrected chi connectivity index (χ1v) is 2.74. The second kappa shape index (κ2) is 4.24. The van der Waals surface area contributed by atoms with Gasteiger partial charge in [-0.25, -0.2) is 4.79 Å². The highest BCUT2D eigenvalue weighted by molar-refractivity contribution is 5.90. The summed E-state index contributed by atoms with van der Waals surface area (Å²) in [5, 5.41) is 6.59. The molecule has 0 spiro atoms. The lowest BCUT2D eigenvalue weighted by atomic mass is 10.5. The quantitative estimate of drug-likeness (QED) is 0.348. The molecule has 0 fully saturated rings. The third kappa shape index (κ3) is 2.23. The Morgan fingerprint density at radius 2 is 2.27 bits per heavy atom. The minimum Gasteiger partial charge on any atom is -0.452 e. The molecular weight excluding hydrogens is 148 g/mol. The summed E-state index contributed by atoms with van der Waals surface area (Å²) in [6.45, 7) is 0. The van der Waals surface area contributed by atoms with E-state index in [2.05, 4.69) is 4.74 Å². The molecule has 0 aromatic rings. The van der Waals surface area contributed by atoms with Crippen molar-refractivity contribution in [1.29, 1.82) is 5.41 Å². The second-order valence-electron chi connectivity index (χ2n) is 1.66. The van der Waals surface area contributed by atoms with Crippen LogP contribution in [0.15, 0.2) is 5.70 Å². The minimum atomic E-state index is -0.702. The molecule has 0 aliphatic carbocycles. The van der Waals surface area contributed by atoms with Crippen molar-refractivity contribution >= 4 is 18.2 Å². The molecule has 0 atom stereocenters. The molecule has 5 heteroatoms. The van der Waals surface area contributed by atoms with Crippen molar-refractivity contribution in [2.45, 2.75) is 0 Å². The molecule has 0 heterocycles. The molecule has 0 aromatic heterocycles. The number of hydrogen-bond donors (Lipinski definition) is 1. The first-order chi connectivity index (χ1) is 5.17. The number of nitrogens with one attached hydrogen (secondary N) is 1. The molecule has 1 amide bonds. The number of ether oxygens (including phenoxy) is 1. The van der Waals surface area contributed by atoms with Crippen LogP contribution in [0.1, 0.15) is 0 Å². The highest BCUT2D eigenvalue weighted by atomic mass is 16.5. The maximum absolute atomic E-state index is 10.7. The lowest BCUT2D eigenvalue weighted by Gasteiger charge is -2.11. The molecule has 0 aromatic carbocycles. The number of hydrogen-bond acceptors (Lipinski definition) is 4. The van der Waals surface area contributed by atoms with E-state index in [1.165, 1.54) is 14.2 Å². The third-order valence-electron chi connectivity index (χ3n) is 1.05. The van der Waals surface area contributed by atoms with Gasteiger partial charge in [0.2, 0.25) is 0 Å². The van der Waals surface area contributed by atoms with Crippen molar-refractivity contribution < 1.29 is 14.3 Å². The topological polar surface area (TPSA) is 70.5 Å². The van der Waals surface area contributed by atoms with Crippen LogP contribution in [-0.4, -0.2) is 37.3 Å². The smallest absolute Gasteiger partial charge is 0.414 e. The molecule has 0 aliphatic heterocycles. The van der Waals surface area contributed by atoms with Gasteiger partial charge in [-0.3, -0.25) is 15.1 Å². The van der Waals surface area contributed by atoms with E-state index in [4.69, 9.17) is 5.41 Å². The number of aldehydes is 1. The maximum Gasteiger partial charge on any atom is 0.414 e. The summed E-state index contributed by atoms with van der Waals surface area (Å²) in [6.07, 6.45) is -0.351. The van der Waals surface area contributed by atoms with E-state index in [1.54, 1.807) is 5.87 Å². The number of methoxy groups -OCH3 is 1. The molecule has 0 unspecified atom stereocenters. The Kier molecular flexibility index (Phi) is 3.62. The second-order valence-corrected chi connectivity index (χ2v) is 1.66. The molecule has 11 heavy (non-hydrogen) atoms. The third-order valence-corrected chi connectivity index (χ3v) is 1.05. The Balaban J connectivity index is 4.46. The maximum atomic E-state index is 10.7. The van der Waals surface area contributed by atoms with Gasteiger partial charge in [-0.15, -0.1) is 0 Å². The summed E-state index contributed by atoms with van der Waals surface area (Å²) in [5.74, 6) is 1.79. The van der Waals surface area contributed by atoms with Crippen molar-refractivity contribution in [1.82, 2.24) is 4.90 Å². The SMILES string of the molecule is COC(=O)N(C)C(=C=N)C=O. The summed E-state index contributed by atoms with van der Waals surface area (Å²) in [4.78, 5) is 21.7. The molecule has 0 rings (SSSR count). The predicted octanol–water partition coefficient (Wildman–Crippen LogP) is 0.0159. The fraction of sp³-hybridized carbons (Fsp3) is 0.333. The summed E-state index contributed by atoms with van der Waals surface area (Å²) in [5.41, 5.74) is -0.170.